The summed E-state index contributed by atoms with van der Waals surface area (Å²) in [6.45, 7) is 0. The molecule has 2 aromatic rings. The predicted octanol–water partition coefficient (Wildman–Crippen LogP) is 3.70. The van der Waals surface area contributed by atoms with Crippen LogP contribution in [-0.4, -0.2) is 29.0 Å². The molecule has 28 heavy (non-hydrogen) atoms. The Bertz CT molecular complexity index is 882. The van der Waals surface area contributed by atoms with Crippen molar-refractivity contribution in [1.29, 1.82) is 0 Å². The van der Waals surface area contributed by atoms with E-state index in [0.717, 1.165) is 24.2 Å². The Hall–Kier alpha value is -3.15. The Morgan fingerprint density at radius 3 is 2.32 bits per heavy atom. The number of nitrogens with zero attached hydrogens (tertiary/aromatic N) is 1. The summed E-state index contributed by atoms with van der Waals surface area (Å²) in [6, 6.07) is 14.1. The lowest BCUT2D eigenvalue weighted by Gasteiger charge is -2.14. The summed E-state index contributed by atoms with van der Waals surface area (Å²) in [5.41, 5.74) is 1.43. The summed E-state index contributed by atoms with van der Waals surface area (Å²) in [7, 11) is 0. The van der Waals surface area contributed by atoms with Crippen molar-refractivity contribution in [1.82, 2.24) is 5.06 Å². The van der Waals surface area contributed by atoms with Gasteiger partial charge in [-0.2, -0.15) is 0 Å². The summed E-state index contributed by atoms with van der Waals surface area (Å²) in [5, 5.41) is 0.548. The van der Waals surface area contributed by atoms with E-state index in [-0.39, 0.29) is 23.7 Å². The molecule has 0 radical (unpaired) electrons. The molecule has 4 rings (SSSR count). The van der Waals surface area contributed by atoms with Gasteiger partial charge in [0.15, 0.2) is 0 Å². The van der Waals surface area contributed by atoms with Crippen LogP contribution >= 0.6 is 0 Å². The molecule has 6 heteroatoms. The zero-order valence-corrected chi connectivity index (χ0v) is 15.4. The molecule has 6 nitrogen and oxygen atoms in total. The van der Waals surface area contributed by atoms with E-state index in [9.17, 15) is 14.4 Å². The van der Waals surface area contributed by atoms with E-state index in [0.29, 0.717) is 11.5 Å². The zero-order chi connectivity index (χ0) is 19.5. The zero-order valence-electron chi connectivity index (χ0n) is 15.4. The third kappa shape index (κ3) is 3.76. The van der Waals surface area contributed by atoms with Crippen molar-refractivity contribution in [2.45, 2.75) is 44.6 Å². The van der Waals surface area contributed by atoms with E-state index in [2.05, 4.69) is 0 Å². The highest BCUT2D eigenvalue weighted by atomic mass is 16.7. The van der Waals surface area contributed by atoms with Crippen LogP contribution in [0.1, 0.15) is 58.4 Å². The molecule has 0 saturated heterocycles. The van der Waals surface area contributed by atoms with E-state index in [1.807, 2.05) is 24.3 Å². The summed E-state index contributed by atoms with van der Waals surface area (Å²) in [4.78, 5) is 41.7. The van der Waals surface area contributed by atoms with Gasteiger partial charge in [-0.05, 0) is 61.9 Å². The molecule has 1 aliphatic carbocycles. The van der Waals surface area contributed by atoms with Crippen LogP contribution in [0.4, 0.5) is 0 Å². The number of imide groups is 1. The number of carbonyl (C=O) groups excluding carboxylic acids is 3. The molecule has 1 aliphatic heterocycles. The Morgan fingerprint density at radius 2 is 1.64 bits per heavy atom. The number of amides is 2. The molecule has 2 aromatic carbocycles. The summed E-state index contributed by atoms with van der Waals surface area (Å²) >= 11 is 0. The minimum absolute atomic E-state index is 0.0558. The number of hydroxylamine groups is 2. The Labute approximate surface area is 163 Å². The van der Waals surface area contributed by atoms with Crippen LogP contribution in [0.15, 0.2) is 48.5 Å². The Kier molecular flexibility index (Phi) is 5.10. The number of benzene rings is 2. The first-order valence-electron chi connectivity index (χ1n) is 9.56. The van der Waals surface area contributed by atoms with Gasteiger partial charge in [0.25, 0.3) is 11.8 Å². The number of aryl methyl sites for hydroxylation is 1. The molecule has 1 saturated carbocycles. The van der Waals surface area contributed by atoms with E-state index in [1.165, 1.54) is 12.8 Å². The van der Waals surface area contributed by atoms with Crippen molar-refractivity contribution < 1.29 is 24.0 Å². The second kappa shape index (κ2) is 7.84. The summed E-state index contributed by atoms with van der Waals surface area (Å²) in [6.07, 6.45) is 5.33. The fourth-order valence-electron chi connectivity index (χ4n) is 3.62. The normalized spacial score (nSPS) is 16.4. The number of ether oxygens (including phenoxy) is 1. The lowest BCUT2D eigenvalue weighted by atomic mass is 10.1. The molecule has 2 amide bonds. The second-order valence-electron chi connectivity index (χ2n) is 7.09. The van der Waals surface area contributed by atoms with Gasteiger partial charge in [-0.25, -0.2) is 4.79 Å². The Morgan fingerprint density at radius 1 is 0.964 bits per heavy atom. The molecule has 1 heterocycles. The molecule has 0 aromatic heterocycles. The number of hydrogen-bond acceptors (Lipinski definition) is 5. The largest absolute Gasteiger partial charge is 0.490 e. The number of fused-ring (bicyclic) bond motifs is 1. The first kappa shape index (κ1) is 18.2. The van der Waals surface area contributed by atoms with Crippen LogP contribution in [0.2, 0.25) is 0 Å². The molecular weight excluding hydrogens is 358 g/mol. The lowest BCUT2D eigenvalue weighted by molar-refractivity contribution is -0.168. The molecule has 144 valence electrons. The van der Waals surface area contributed by atoms with Crippen molar-refractivity contribution in [3.05, 3.63) is 65.2 Å². The van der Waals surface area contributed by atoms with Crippen LogP contribution in [0, 0.1) is 0 Å². The predicted molar refractivity (Wildman–Crippen MR) is 101 cm³/mol. The van der Waals surface area contributed by atoms with Gasteiger partial charge in [0, 0.05) is 0 Å². The van der Waals surface area contributed by atoms with E-state index in [1.54, 1.807) is 24.3 Å². The average molecular weight is 379 g/mol. The van der Waals surface area contributed by atoms with Crippen LogP contribution in [0.25, 0.3) is 0 Å². The molecule has 0 atom stereocenters. The van der Waals surface area contributed by atoms with Gasteiger partial charge in [0.05, 0.1) is 23.7 Å². The quantitative estimate of drug-likeness (QED) is 0.716. The molecule has 0 spiro atoms. The van der Waals surface area contributed by atoms with Crippen molar-refractivity contribution in [2.75, 3.05) is 0 Å². The topological polar surface area (TPSA) is 72.9 Å². The monoisotopic (exact) mass is 379 g/mol. The van der Waals surface area contributed by atoms with Crippen molar-refractivity contribution in [3.63, 3.8) is 0 Å². The standard InChI is InChI=1S/C22H21NO5/c24-20(28-23-21(25)18-10-3-4-11-19(18)22(23)26)13-12-15-6-5-9-17(14-15)27-16-7-1-2-8-16/h3-6,9-11,14,16H,1-2,7-8,12-13H2. The highest BCUT2D eigenvalue weighted by Crippen LogP contribution is 2.25. The maximum Gasteiger partial charge on any atom is 0.333 e. The average Bonchev–Trinajstić information content (AvgIpc) is 3.30. The van der Waals surface area contributed by atoms with Crippen molar-refractivity contribution in [2.24, 2.45) is 0 Å². The lowest BCUT2D eigenvalue weighted by Crippen LogP contribution is -2.32. The van der Waals surface area contributed by atoms with Crippen LogP contribution in [0.3, 0.4) is 0 Å². The SMILES string of the molecule is O=C(CCc1cccc(OC2CCCC2)c1)ON1C(=O)c2ccccc2C1=O. The molecule has 0 unspecified atom stereocenters. The minimum Gasteiger partial charge on any atom is -0.490 e. The first-order chi connectivity index (χ1) is 13.6. The maximum atomic E-state index is 12.2. The number of rotatable bonds is 6. The third-order valence-electron chi connectivity index (χ3n) is 5.07. The summed E-state index contributed by atoms with van der Waals surface area (Å²) < 4.78 is 5.98. The summed E-state index contributed by atoms with van der Waals surface area (Å²) in [5.74, 6) is -1.04. The van der Waals surface area contributed by atoms with E-state index < -0.39 is 17.8 Å². The Balaban J connectivity index is 1.33. The van der Waals surface area contributed by atoms with Gasteiger partial charge in [0.1, 0.15) is 5.75 Å². The van der Waals surface area contributed by atoms with E-state index in [4.69, 9.17) is 9.57 Å². The van der Waals surface area contributed by atoms with Crippen LogP contribution < -0.4 is 4.74 Å². The molecule has 0 bridgehead atoms. The van der Waals surface area contributed by atoms with Gasteiger partial charge in [-0.15, -0.1) is 0 Å². The van der Waals surface area contributed by atoms with Crippen molar-refractivity contribution >= 4 is 17.8 Å². The second-order valence-corrected chi connectivity index (χ2v) is 7.09. The van der Waals surface area contributed by atoms with Gasteiger partial charge in [-0.3, -0.25) is 9.59 Å². The number of carbonyl (C=O) groups is 3. The molecule has 0 N–H and O–H groups in total. The van der Waals surface area contributed by atoms with Gasteiger partial charge in [0.2, 0.25) is 0 Å². The number of hydrogen-bond donors (Lipinski definition) is 0. The molecule has 2 aliphatic rings. The van der Waals surface area contributed by atoms with E-state index >= 15 is 0 Å². The minimum atomic E-state index is -0.628. The van der Waals surface area contributed by atoms with Crippen molar-refractivity contribution in [3.8, 4) is 5.75 Å². The highest BCUT2D eigenvalue weighted by molar-refractivity contribution is 6.20. The maximum absolute atomic E-state index is 12.2. The fraction of sp³-hybridized carbons (Fsp3) is 0.318. The smallest absolute Gasteiger partial charge is 0.333 e. The van der Waals surface area contributed by atoms with Gasteiger partial charge in [-0.1, -0.05) is 29.3 Å². The highest BCUT2D eigenvalue weighted by Gasteiger charge is 2.38. The first-order valence-corrected chi connectivity index (χ1v) is 9.56. The van der Waals surface area contributed by atoms with Crippen LogP contribution in [0.5, 0.6) is 5.75 Å². The van der Waals surface area contributed by atoms with Crippen LogP contribution in [-0.2, 0) is 16.1 Å². The molecule has 1 fully saturated rings. The van der Waals surface area contributed by atoms with Gasteiger partial charge >= 0.3 is 5.97 Å². The van der Waals surface area contributed by atoms with Gasteiger partial charge < -0.3 is 9.57 Å². The fourth-order valence-corrected chi connectivity index (χ4v) is 3.62. The third-order valence-corrected chi connectivity index (χ3v) is 5.07. The molecular formula is C22H21NO5.